The quantitative estimate of drug-likeness (QED) is 0.810. The zero-order valence-electron chi connectivity index (χ0n) is 8.22. The number of benzene rings is 1. The van der Waals surface area contributed by atoms with Crippen LogP contribution in [0.5, 0.6) is 0 Å². The Hall–Kier alpha value is -1.50. The van der Waals surface area contributed by atoms with Crippen LogP contribution in [0.1, 0.15) is 5.56 Å². The van der Waals surface area contributed by atoms with Gasteiger partial charge in [-0.2, -0.15) is 5.26 Å². The Kier molecular flexibility index (Phi) is 3.45. The standard InChI is InChI=1S/C12H7ClN2S/c13-10-2-4-11(5-3-10)16-12-6-1-9(7-14)8-15-12/h1-6,8H. The summed E-state index contributed by atoms with van der Waals surface area (Å²) < 4.78 is 0. The summed E-state index contributed by atoms with van der Waals surface area (Å²) in [5.74, 6) is 0. The summed E-state index contributed by atoms with van der Waals surface area (Å²) in [7, 11) is 0. The van der Waals surface area contributed by atoms with Crippen molar-refractivity contribution in [2.24, 2.45) is 0 Å². The van der Waals surface area contributed by atoms with Crippen molar-refractivity contribution in [1.82, 2.24) is 4.98 Å². The van der Waals surface area contributed by atoms with Crippen LogP contribution in [0.2, 0.25) is 5.02 Å². The van der Waals surface area contributed by atoms with Crippen LogP contribution >= 0.6 is 23.4 Å². The van der Waals surface area contributed by atoms with Crippen LogP contribution < -0.4 is 0 Å². The summed E-state index contributed by atoms with van der Waals surface area (Å²) in [5, 5.41) is 10.2. The molecule has 2 nitrogen and oxygen atoms in total. The third-order valence-corrected chi connectivity index (χ3v) is 3.11. The Balaban J connectivity index is 2.15. The molecule has 0 atom stereocenters. The van der Waals surface area contributed by atoms with E-state index < -0.39 is 0 Å². The topological polar surface area (TPSA) is 36.7 Å². The summed E-state index contributed by atoms with van der Waals surface area (Å²) in [6.45, 7) is 0. The average molecular weight is 247 g/mol. The molecule has 2 rings (SSSR count). The monoisotopic (exact) mass is 246 g/mol. The Labute approximate surface area is 103 Å². The van der Waals surface area contributed by atoms with Gasteiger partial charge in [0.05, 0.1) is 5.56 Å². The molecule has 4 heteroatoms. The van der Waals surface area contributed by atoms with Gasteiger partial charge in [-0.1, -0.05) is 23.4 Å². The van der Waals surface area contributed by atoms with Gasteiger partial charge in [-0.05, 0) is 36.4 Å². The van der Waals surface area contributed by atoms with Gasteiger partial charge in [0.1, 0.15) is 11.1 Å². The molecule has 0 amide bonds. The van der Waals surface area contributed by atoms with Crippen molar-refractivity contribution >= 4 is 23.4 Å². The number of hydrogen-bond acceptors (Lipinski definition) is 3. The van der Waals surface area contributed by atoms with Crippen LogP contribution in [0.3, 0.4) is 0 Å². The largest absolute Gasteiger partial charge is 0.248 e. The summed E-state index contributed by atoms with van der Waals surface area (Å²) in [4.78, 5) is 5.25. The van der Waals surface area contributed by atoms with Gasteiger partial charge < -0.3 is 0 Å². The molecule has 0 N–H and O–H groups in total. The van der Waals surface area contributed by atoms with E-state index in [1.165, 1.54) is 11.8 Å². The minimum Gasteiger partial charge on any atom is -0.248 e. The van der Waals surface area contributed by atoms with Crippen LogP contribution in [0.15, 0.2) is 52.5 Å². The lowest BCUT2D eigenvalue weighted by molar-refractivity contribution is 1.12. The number of halogens is 1. The van der Waals surface area contributed by atoms with Gasteiger partial charge in [0.15, 0.2) is 0 Å². The molecule has 2 aromatic rings. The highest BCUT2D eigenvalue weighted by atomic mass is 35.5. The lowest BCUT2D eigenvalue weighted by Gasteiger charge is -2.00. The highest BCUT2D eigenvalue weighted by molar-refractivity contribution is 7.99. The van der Waals surface area contributed by atoms with E-state index in [-0.39, 0.29) is 0 Å². The van der Waals surface area contributed by atoms with E-state index in [2.05, 4.69) is 4.98 Å². The van der Waals surface area contributed by atoms with E-state index in [1.807, 2.05) is 36.4 Å². The van der Waals surface area contributed by atoms with Crippen molar-refractivity contribution in [3.05, 3.63) is 53.2 Å². The van der Waals surface area contributed by atoms with Gasteiger partial charge in [-0.25, -0.2) is 4.98 Å². The van der Waals surface area contributed by atoms with E-state index in [9.17, 15) is 0 Å². The number of hydrogen-bond donors (Lipinski definition) is 0. The SMILES string of the molecule is N#Cc1ccc(Sc2ccc(Cl)cc2)nc1. The predicted molar refractivity (Wildman–Crippen MR) is 64.5 cm³/mol. The van der Waals surface area contributed by atoms with Gasteiger partial charge in [0.2, 0.25) is 0 Å². The van der Waals surface area contributed by atoms with E-state index >= 15 is 0 Å². The molecule has 0 fully saturated rings. The Morgan fingerprint density at radius 2 is 1.88 bits per heavy atom. The maximum Gasteiger partial charge on any atom is 0.101 e. The molecule has 0 aliphatic carbocycles. The Morgan fingerprint density at radius 1 is 1.12 bits per heavy atom. The first-order valence-electron chi connectivity index (χ1n) is 4.57. The van der Waals surface area contributed by atoms with Gasteiger partial charge >= 0.3 is 0 Å². The molecule has 16 heavy (non-hydrogen) atoms. The lowest BCUT2D eigenvalue weighted by Crippen LogP contribution is -1.81. The zero-order chi connectivity index (χ0) is 11.4. The predicted octanol–water partition coefficient (Wildman–Crippen LogP) is 3.76. The number of nitriles is 1. The van der Waals surface area contributed by atoms with Crippen LogP contribution in [-0.4, -0.2) is 4.98 Å². The van der Waals surface area contributed by atoms with Gasteiger partial charge in [-0.15, -0.1) is 0 Å². The maximum atomic E-state index is 8.64. The second-order valence-corrected chi connectivity index (χ2v) is 4.58. The lowest BCUT2D eigenvalue weighted by atomic mass is 10.3. The second-order valence-electron chi connectivity index (χ2n) is 3.05. The molecule has 0 unspecified atom stereocenters. The molecule has 0 radical (unpaired) electrons. The first-order valence-corrected chi connectivity index (χ1v) is 5.77. The molecular weight excluding hydrogens is 240 g/mol. The van der Waals surface area contributed by atoms with Gasteiger partial charge in [0.25, 0.3) is 0 Å². The molecule has 0 aliphatic heterocycles. The van der Waals surface area contributed by atoms with E-state index in [4.69, 9.17) is 16.9 Å². The first-order chi connectivity index (χ1) is 7.78. The maximum absolute atomic E-state index is 8.64. The van der Waals surface area contributed by atoms with E-state index in [0.29, 0.717) is 5.56 Å². The number of pyridine rings is 1. The van der Waals surface area contributed by atoms with Crippen LogP contribution in [0, 0.1) is 11.3 Å². The third-order valence-electron chi connectivity index (χ3n) is 1.90. The van der Waals surface area contributed by atoms with Crippen molar-refractivity contribution in [3.63, 3.8) is 0 Å². The number of nitrogens with zero attached hydrogens (tertiary/aromatic N) is 2. The first kappa shape index (κ1) is 11.0. The van der Waals surface area contributed by atoms with E-state index in [1.54, 1.807) is 12.3 Å². The molecule has 0 aliphatic rings. The van der Waals surface area contributed by atoms with Crippen molar-refractivity contribution in [2.45, 2.75) is 9.92 Å². The third kappa shape index (κ3) is 2.75. The second kappa shape index (κ2) is 5.02. The molecule has 78 valence electrons. The fourth-order valence-electron chi connectivity index (χ4n) is 1.13. The highest BCUT2D eigenvalue weighted by Gasteiger charge is 1.99. The fraction of sp³-hybridized carbons (Fsp3) is 0. The van der Waals surface area contributed by atoms with Crippen molar-refractivity contribution in [3.8, 4) is 6.07 Å². The molecule has 1 heterocycles. The molecule has 0 saturated carbocycles. The van der Waals surface area contributed by atoms with Crippen molar-refractivity contribution in [1.29, 1.82) is 5.26 Å². The Bertz CT molecular complexity index is 514. The zero-order valence-corrected chi connectivity index (χ0v) is 9.79. The summed E-state index contributed by atoms with van der Waals surface area (Å²) in [5.41, 5.74) is 0.570. The summed E-state index contributed by atoms with van der Waals surface area (Å²) in [6, 6.07) is 13.2. The smallest absolute Gasteiger partial charge is 0.101 e. The molecule has 1 aromatic heterocycles. The number of aromatic nitrogens is 1. The highest BCUT2D eigenvalue weighted by Crippen LogP contribution is 2.26. The van der Waals surface area contributed by atoms with Crippen LogP contribution in [0.25, 0.3) is 0 Å². The molecule has 1 aromatic carbocycles. The average Bonchev–Trinajstić information content (AvgIpc) is 2.33. The molecule has 0 bridgehead atoms. The minimum atomic E-state index is 0.570. The van der Waals surface area contributed by atoms with Gasteiger partial charge in [-0.3, -0.25) is 0 Å². The van der Waals surface area contributed by atoms with Crippen molar-refractivity contribution in [2.75, 3.05) is 0 Å². The summed E-state index contributed by atoms with van der Waals surface area (Å²) in [6.07, 6.45) is 1.57. The van der Waals surface area contributed by atoms with Gasteiger partial charge in [0, 0.05) is 16.1 Å². The normalized spacial score (nSPS) is 9.75. The molecular formula is C12H7ClN2S. The fourth-order valence-corrected chi connectivity index (χ4v) is 2.01. The van der Waals surface area contributed by atoms with Crippen molar-refractivity contribution < 1.29 is 0 Å². The van der Waals surface area contributed by atoms with Crippen LogP contribution in [0.4, 0.5) is 0 Å². The Morgan fingerprint density at radius 3 is 2.44 bits per heavy atom. The molecule has 0 spiro atoms. The van der Waals surface area contributed by atoms with E-state index in [0.717, 1.165) is 14.9 Å². The number of rotatable bonds is 2. The minimum absolute atomic E-state index is 0.570. The summed E-state index contributed by atoms with van der Waals surface area (Å²) >= 11 is 7.33. The van der Waals surface area contributed by atoms with Crippen LogP contribution in [-0.2, 0) is 0 Å². The molecule has 0 saturated heterocycles.